The van der Waals surface area contributed by atoms with Crippen LogP contribution < -0.4 is 10.2 Å². The Morgan fingerprint density at radius 3 is 2.91 bits per heavy atom. The maximum atomic E-state index is 14.0. The molecule has 0 saturated heterocycles. The SMILES string of the molecule is Cc1ccc(F)c2c1N(CC(=O)NC(C)(C#N)C1CC1)CCC2. The second-order valence-electron chi connectivity index (χ2n) is 6.85. The lowest BCUT2D eigenvalue weighted by Gasteiger charge is -2.33. The van der Waals surface area contributed by atoms with E-state index in [1.54, 1.807) is 13.0 Å². The summed E-state index contributed by atoms with van der Waals surface area (Å²) in [5.74, 6) is -0.114. The monoisotopic (exact) mass is 315 g/mol. The van der Waals surface area contributed by atoms with Gasteiger partial charge in [-0.1, -0.05) is 6.07 Å². The lowest BCUT2D eigenvalue weighted by molar-refractivity contribution is -0.121. The number of benzene rings is 1. The molecule has 0 bridgehead atoms. The van der Waals surface area contributed by atoms with E-state index in [1.165, 1.54) is 6.07 Å². The molecule has 1 aliphatic heterocycles. The number of halogens is 1. The highest BCUT2D eigenvalue weighted by molar-refractivity contribution is 5.83. The summed E-state index contributed by atoms with van der Waals surface area (Å²) in [6, 6.07) is 5.49. The van der Waals surface area contributed by atoms with Crippen LogP contribution in [0, 0.1) is 30.0 Å². The number of nitrogens with one attached hydrogen (secondary N) is 1. The first kappa shape index (κ1) is 15.8. The molecule has 1 aromatic rings. The standard InChI is InChI=1S/C18H22FN3O/c1-12-5-8-15(19)14-4-3-9-22(17(12)14)10-16(23)21-18(2,11-20)13-6-7-13/h5,8,13H,3-4,6-7,9-10H2,1-2H3,(H,21,23). The molecule has 1 fully saturated rings. The highest BCUT2D eigenvalue weighted by Crippen LogP contribution is 2.39. The lowest BCUT2D eigenvalue weighted by Crippen LogP contribution is -2.51. The molecular weight excluding hydrogens is 293 g/mol. The molecule has 3 rings (SSSR count). The number of hydrogen-bond donors (Lipinski definition) is 1. The van der Waals surface area contributed by atoms with E-state index >= 15 is 0 Å². The molecule has 0 spiro atoms. The third-order valence-electron chi connectivity index (χ3n) is 4.96. The quantitative estimate of drug-likeness (QED) is 0.929. The van der Waals surface area contributed by atoms with Crippen LogP contribution in [0.1, 0.15) is 37.3 Å². The zero-order valence-corrected chi connectivity index (χ0v) is 13.7. The predicted octanol–water partition coefficient (Wildman–Crippen LogP) is 2.70. The molecule has 1 atom stereocenters. The van der Waals surface area contributed by atoms with Gasteiger partial charge in [0, 0.05) is 17.8 Å². The van der Waals surface area contributed by atoms with Crippen LogP contribution in [0.2, 0.25) is 0 Å². The van der Waals surface area contributed by atoms with Crippen molar-refractivity contribution in [2.24, 2.45) is 5.92 Å². The zero-order chi connectivity index (χ0) is 16.6. The number of nitriles is 1. The maximum Gasteiger partial charge on any atom is 0.240 e. The summed E-state index contributed by atoms with van der Waals surface area (Å²) in [5, 5.41) is 12.2. The molecule has 23 heavy (non-hydrogen) atoms. The Bertz CT molecular complexity index is 678. The van der Waals surface area contributed by atoms with Gasteiger partial charge in [0.05, 0.1) is 12.6 Å². The Balaban J connectivity index is 1.76. The minimum atomic E-state index is -0.785. The van der Waals surface area contributed by atoms with E-state index in [0.29, 0.717) is 12.0 Å². The van der Waals surface area contributed by atoms with Crippen LogP contribution in [0.4, 0.5) is 10.1 Å². The van der Waals surface area contributed by atoms with Gasteiger partial charge < -0.3 is 10.2 Å². The maximum absolute atomic E-state index is 14.0. The van der Waals surface area contributed by atoms with Gasteiger partial charge in [-0.25, -0.2) is 4.39 Å². The van der Waals surface area contributed by atoms with E-state index in [1.807, 2.05) is 11.8 Å². The number of hydrogen-bond acceptors (Lipinski definition) is 3. The number of carbonyl (C=O) groups excluding carboxylic acids is 1. The fourth-order valence-corrected chi connectivity index (χ4v) is 3.51. The van der Waals surface area contributed by atoms with Crippen LogP contribution in [0.15, 0.2) is 12.1 Å². The van der Waals surface area contributed by atoms with Gasteiger partial charge in [0.1, 0.15) is 11.4 Å². The number of carbonyl (C=O) groups is 1. The second-order valence-corrected chi connectivity index (χ2v) is 6.85. The highest BCUT2D eigenvalue weighted by Gasteiger charge is 2.43. The van der Waals surface area contributed by atoms with Crippen LogP contribution in [0.3, 0.4) is 0 Å². The summed E-state index contributed by atoms with van der Waals surface area (Å²) < 4.78 is 14.0. The topological polar surface area (TPSA) is 56.1 Å². The molecule has 1 amide bonds. The van der Waals surface area contributed by atoms with Crippen LogP contribution in [-0.2, 0) is 11.2 Å². The van der Waals surface area contributed by atoms with E-state index in [4.69, 9.17) is 0 Å². The van der Waals surface area contributed by atoms with Crippen molar-refractivity contribution in [1.82, 2.24) is 5.32 Å². The number of nitrogens with zero attached hydrogens (tertiary/aromatic N) is 2. The van der Waals surface area contributed by atoms with Crippen molar-refractivity contribution >= 4 is 11.6 Å². The summed E-state index contributed by atoms with van der Waals surface area (Å²) in [6.45, 7) is 4.63. The molecule has 1 aromatic carbocycles. The Morgan fingerprint density at radius 2 is 2.26 bits per heavy atom. The van der Waals surface area contributed by atoms with Gasteiger partial charge >= 0.3 is 0 Å². The van der Waals surface area contributed by atoms with Crippen molar-refractivity contribution in [3.63, 3.8) is 0 Å². The molecule has 5 heteroatoms. The average Bonchev–Trinajstić information content (AvgIpc) is 3.36. The fraction of sp³-hybridized carbons (Fsp3) is 0.556. The van der Waals surface area contributed by atoms with Crippen molar-refractivity contribution in [2.45, 2.75) is 45.1 Å². The normalized spacial score (nSPS) is 19.5. The van der Waals surface area contributed by atoms with E-state index in [-0.39, 0.29) is 24.2 Å². The van der Waals surface area contributed by atoms with Crippen LogP contribution in [0.25, 0.3) is 0 Å². The van der Waals surface area contributed by atoms with E-state index in [0.717, 1.165) is 37.1 Å². The first-order valence-electron chi connectivity index (χ1n) is 8.20. The van der Waals surface area contributed by atoms with Gasteiger partial charge in [0.2, 0.25) is 5.91 Å². The van der Waals surface area contributed by atoms with Gasteiger partial charge in [0.25, 0.3) is 0 Å². The number of anilines is 1. The van der Waals surface area contributed by atoms with Crippen molar-refractivity contribution < 1.29 is 9.18 Å². The number of amides is 1. The molecule has 4 nitrogen and oxygen atoms in total. The molecule has 1 saturated carbocycles. The highest BCUT2D eigenvalue weighted by atomic mass is 19.1. The Hall–Kier alpha value is -2.09. The van der Waals surface area contributed by atoms with Crippen LogP contribution in [0.5, 0.6) is 0 Å². The molecule has 1 heterocycles. The van der Waals surface area contributed by atoms with Gasteiger partial charge in [0.15, 0.2) is 0 Å². The third-order valence-corrected chi connectivity index (χ3v) is 4.96. The summed E-state index contributed by atoms with van der Waals surface area (Å²) in [7, 11) is 0. The van der Waals surface area contributed by atoms with E-state index < -0.39 is 5.54 Å². The summed E-state index contributed by atoms with van der Waals surface area (Å²) in [4.78, 5) is 14.4. The number of aryl methyl sites for hydroxylation is 1. The minimum Gasteiger partial charge on any atom is -0.362 e. The molecule has 1 unspecified atom stereocenters. The smallest absolute Gasteiger partial charge is 0.240 e. The first-order valence-corrected chi connectivity index (χ1v) is 8.20. The third kappa shape index (κ3) is 3.03. The molecule has 0 radical (unpaired) electrons. The zero-order valence-electron chi connectivity index (χ0n) is 13.7. The summed E-state index contributed by atoms with van der Waals surface area (Å²) in [6.07, 6.45) is 3.51. The molecule has 1 aliphatic carbocycles. The molecule has 2 aliphatic rings. The van der Waals surface area contributed by atoms with Gasteiger partial charge in [-0.2, -0.15) is 5.26 Å². The second kappa shape index (κ2) is 5.84. The van der Waals surface area contributed by atoms with Crippen molar-refractivity contribution in [1.29, 1.82) is 5.26 Å². The number of rotatable bonds is 4. The van der Waals surface area contributed by atoms with E-state index in [2.05, 4.69) is 11.4 Å². The van der Waals surface area contributed by atoms with Crippen molar-refractivity contribution in [3.05, 3.63) is 29.1 Å². The molecule has 122 valence electrons. The molecule has 0 aromatic heterocycles. The predicted molar refractivity (Wildman–Crippen MR) is 86.6 cm³/mol. The Labute approximate surface area is 136 Å². The van der Waals surface area contributed by atoms with Crippen LogP contribution in [-0.4, -0.2) is 24.5 Å². The Kier molecular flexibility index (Phi) is 4.01. The largest absolute Gasteiger partial charge is 0.362 e. The van der Waals surface area contributed by atoms with Crippen molar-refractivity contribution in [3.8, 4) is 6.07 Å². The van der Waals surface area contributed by atoms with Gasteiger partial charge in [-0.3, -0.25) is 4.79 Å². The van der Waals surface area contributed by atoms with Crippen LogP contribution >= 0.6 is 0 Å². The minimum absolute atomic E-state index is 0.168. The Morgan fingerprint density at radius 1 is 1.52 bits per heavy atom. The van der Waals surface area contributed by atoms with E-state index in [9.17, 15) is 14.4 Å². The average molecular weight is 315 g/mol. The van der Waals surface area contributed by atoms with Gasteiger partial charge in [-0.05, 0) is 57.1 Å². The fourth-order valence-electron chi connectivity index (χ4n) is 3.51. The summed E-state index contributed by atoms with van der Waals surface area (Å²) >= 11 is 0. The summed E-state index contributed by atoms with van der Waals surface area (Å²) in [5.41, 5.74) is 1.75. The first-order chi connectivity index (χ1) is 10.9. The molecular formula is C18H22FN3O. The number of fused-ring (bicyclic) bond motifs is 1. The lowest BCUT2D eigenvalue weighted by atomic mass is 9.96. The van der Waals surface area contributed by atoms with Crippen molar-refractivity contribution in [2.75, 3.05) is 18.0 Å². The molecule has 1 N–H and O–H groups in total. The van der Waals surface area contributed by atoms with Gasteiger partial charge in [-0.15, -0.1) is 0 Å².